The number of carbonyl (C=O) groups excluding carboxylic acids is 1. The average molecular weight is 269 g/mol. The Labute approximate surface area is 119 Å². The SMILES string of the molecule is C=C(C)[C@@H]1CC=C(C)/C(=N\NC(=O)c2cccnc2)C1. The second-order valence-electron chi connectivity index (χ2n) is 5.11. The third-order valence-corrected chi connectivity index (χ3v) is 3.52. The summed E-state index contributed by atoms with van der Waals surface area (Å²) in [6, 6.07) is 3.44. The molecular weight excluding hydrogens is 250 g/mol. The normalized spacial score (nSPS) is 20.4. The summed E-state index contributed by atoms with van der Waals surface area (Å²) in [5, 5.41) is 4.25. The van der Waals surface area contributed by atoms with E-state index < -0.39 is 0 Å². The molecule has 1 amide bonds. The summed E-state index contributed by atoms with van der Waals surface area (Å²) in [5.41, 5.74) is 6.29. The molecule has 0 saturated heterocycles. The molecule has 0 fully saturated rings. The van der Waals surface area contributed by atoms with Gasteiger partial charge in [-0.05, 0) is 50.3 Å². The summed E-state index contributed by atoms with van der Waals surface area (Å²) in [7, 11) is 0. The number of rotatable bonds is 3. The molecule has 0 spiro atoms. The van der Waals surface area contributed by atoms with Crippen LogP contribution in [0.3, 0.4) is 0 Å². The molecule has 1 heterocycles. The molecule has 0 radical (unpaired) electrons. The molecule has 4 nitrogen and oxygen atoms in total. The van der Waals surface area contributed by atoms with Crippen molar-refractivity contribution >= 4 is 11.6 Å². The lowest BCUT2D eigenvalue weighted by Crippen LogP contribution is -2.23. The van der Waals surface area contributed by atoms with Crippen LogP contribution in [0.25, 0.3) is 0 Å². The number of allylic oxidation sites excluding steroid dienone is 3. The number of hydrazone groups is 1. The summed E-state index contributed by atoms with van der Waals surface area (Å²) >= 11 is 0. The Morgan fingerprint density at radius 3 is 3.00 bits per heavy atom. The van der Waals surface area contributed by atoms with E-state index in [4.69, 9.17) is 0 Å². The lowest BCUT2D eigenvalue weighted by atomic mass is 9.85. The molecule has 0 bridgehead atoms. The maximum absolute atomic E-state index is 11.9. The molecule has 0 aliphatic heterocycles. The van der Waals surface area contributed by atoms with E-state index in [-0.39, 0.29) is 5.91 Å². The second-order valence-corrected chi connectivity index (χ2v) is 5.11. The fourth-order valence-electron chi connectivity index (χ4n) is 2.10. The van der Waals surface area contributed by atoms with E-state index in [0.717, 1.165) is 29.7 Å². The Balaban J connectivity index is 2.07. The fraction of sp³-hybridized carbons (Fsp3) is 0.312. The van der Waals surface area contributed by atoms with Crippen molar-refractivity contribution in [2.24, 2.45) is 11.0 Å². The van der Waals surface area contributed by atoms with Gasteiger partial charge in [-0.15, -0.1) is 0 Å². The fourth-order valence-corrected chi connectivity index (χ4v) is 2.10. The zero-order valence-electron chi connectivity index (χ0n) is 11.9. The number of hydrogen-bond donors (Lipinski definition) is 1. The van der Waals surface area contributed by atoms with Gasteiger partial charge in [0, 0.05) is 12.4 Å². The quantitative estimate of drug-likeness (QED) is 0.677. The first-order valence-electron chi connectivity index (χ1n) is 6.67. The standard InChI is InChI=1S/C16H19N3O/c1-11(2)13-7-6-12(3)15(9-13)18-19-16(20)14-5-4-8-17-10-14/h4-6,8,10,13H,1,7,9H2,2-3H3,(H,19,20)/b18-15-/t13-/m1/s1. The van der Waals surface area contributed by atoms with Crippen molar-refractivity contribution in [3.63, 3.8) is 0 Å². The molecule has 1 aromatic heterocycles. The second kappa shape index (κ2) is 6.28. The van der Waals surface area contributed by atoms with Crippen LogP contribution in [0.15, 0.2) is 53.4 Å². The summed E-state index contributed by atoms with van der Waals surface area (Å²) < 4.78 is 0. The van der Waals surface area contributed by atoms with Crippen LogP contribution in [0, 0.1) is 5.92 Å². The molecule has 4 heteroatoms. The average Bonchev–Trinajstić information content (AvgIpc) is 2.46. The summed E-state index contributed by atoms with van der Waals surface area (Å²) in [4.78, 5) is 15.8. The lowest BCUT2D eigenvalue weighted by Gasteiger charge is -2.22. The Bertz CT molecular complexity index is 573. The van der Waals surface area contributed by atoms with Gasteiger partial charge in [0.1, 0.15) is 0 Å². The van der Waals surface area contributed by atoms with E-state index in [1.54, 1.807) is 18.3 Å². The third-order valence-electron chi connectivity index (χ3n) is 3.52. The van der Waals surface area contributed by atoms with Crippen LogP contribution in [0.2, 0.25) is 0 Å². The van der Waals surface area contributed by atoms with Gasteiger partial charge < -0.3 is 0 Å². The maximum Gasteiger partial charge on any atom is 0.272 e. The number of hydrogen-bond acceptors (Lipinski definition) is 3. The summed E-state index contributed by atoms with van der Waals surface area (Å²) in [5.74, 6) is 0.170. The molecule has 2 rings (SSSR count). The van der Waals surface area contributed by atoms with Gasteiger partial charge in [0.2, 0.25) is 0 Å². The van der Waals surface area contributed by atoms with Gasteiger partial charge in [-0.2, -0.15) is 5.10 Å². The Morgan fingerprint density at radius 1 is 1.55 bits per heavy atom. The third kappa shape index (κ3) is 3.41. The number of nitrogens with zero attached hydrogens (tertiary/aromatic N) is 2. The predicted molar refractivity (Wildman–Crippen MR) is 80.4 cm³/mol. The van der Waals surface area contributed by atoms with E-state index in [1.165, 1.54) is 6.20 Å². The monoisotopic (exact) mass is 269 g/mol. The van der Waals surface area contributed by atoms with Crippen LogP contribution in [0.1, 0.15) is 37.0 Å². The Hall–Kier alpha value is -2.23. The van der Waals surface area contributed by atoms with Crippen molar-refractivity contribution in [2.45, 2.75) is 26.7 Å². The van der Waals surface area contributed by atoms with Gasteiger partial charge >= 0.3 is 0 Å². The molecular formula is C16H19N3O. The van der Waals surface area contributed by atoms with Crippen molar-refractivity contribution in [2.75, 3.05) is 0 Å². The number of amides is 1. The van der Waals surface area contributed by atoms with E-state index >= 15 is 0 Å². The summed E-state index contributed by atoms with van der Waals surface area (Å²) in [6.45, 7) is 8.05. The zero-order chi connectivity index (χ0) is 14.5. The molecule has 1 aromatic rings. The maximum atomic E-state index is 11.9. The van der Waals surface area contributed by atoms with Crippen molar-refractivity contribution in [3.8, 4) is 0 Å². The van der Waals surface area contributed by atoms with Crippen LogP contribution in [-0.4, -0.2) is 16.6 Å². The van der Waals surface area contributed by atoms with Gasteiger partial charge in [-0.1, -0.05) is 18.2 Å². The highest BCUT2D eigenvalue weighted by Gasteiger charge is 2.18. The smallest absolute Gasteiger partial charge is 0.267 e. The van der Waals surface area contributed by atoms with Gasteiger partial charge in [0.05, 0.1) is 11.3 Å². The molecule has 1 atom stereocenters. The van der Waals surface area contributed by atoms with Gasteiger partial charge in [-0.3, -0.25) is 9.78 Å². The van der Waals surface area contributed by atoms with Crippen LogP contribution in [-0.2, 0) is 0 Å². The lowest BCUT2D eigenvalue weighted by molar-refractivity contribution is 0.0954. The number of carbonyl (C=O) groups is 1. The first-order chi connectivity index (χ1) is 9.58. The molecule has 1 aliphatic rings. The molecule has 1 aliphatic carbocycles. The van der Waals surface area contributed by atoms with Crippen LogP contribution < -0.4 is 5.43 Å². The van der Waals surface area contributed by atoms with Crippen molar-refractivity contribution in [1.29, 1.82) is 0 Å². The largest absolute Gasteiger partial charge is 0.272 e. The van der Waals surface area contributed by atoms with Crippen molar-refractivity contribution < 1.29 is 4.79 Å². The van der Waals surface area contributed by atoms with Crippen LogP contribution in [0.5, 0.6) is 0 Å². The van der Waals surface area contributed by atoms with Crippen molar-refractivity contribution in [3.05, 3.63) is 53.9 Å². The zero-order valence-corrected chi connectivity index (χ0v) is 11.9. The van der Waals surface area contributed by atoms with Crippen LogP contribution in [0.4, 0.5) is 0 Å². The van der Waals surface area contributed by atoms with E-state index in [0.29, 0.717) is 11.5 Å². The molecule has 0 aromatic carbocycles. The van der Waals surface area contributed by atoms with Crippen molar-refractivity contribution in [1.82, 2.24) is 10.4 Å². The first-order valence-corrected chi connectivity index (χ1v) is 6.67. The Kier molecular flexibility index (Phi) is 4.45. The van der Waals surface area contributed by atoms with Crippen LogP contribution >= 0.6 is 0 Å². The topological polar surface area (TPSA) is 54.4 Å². The minimum Gasteiger partial charge on any atom is -0.267 e. The molecule has 104 valence electrons. The predicted octanol–water partition coefficient (Wildman–Crippen LogP) is 3.10. The van der Waals surface area contributed by atoms with E-state index in [1.807, 2.05) is 13.8 Å². The minimum absolute atomic E-state index is 0.240. The minimum atomic E-state index is -0.240. The number of pyridine rings is 1. The summed E-state index contributed by atoms with van der Waals surface area (Å²) in [6.07, 6.45) is 7.13. The number of nitrogens with one attached hydrogen (secondary N) is 1. The molecule has 20 heavy (non-hydrogen) atoms. The molecule has 0 saturated carbocycles. The van der Waals surface area contributed by atoms with Gasteiger partial charge in [0.25, 0.3) is 5.91 Å². The Morgan fingerprint density at radius 2 is 2.35 bits per heavy atom. The van der Waals surface area contributed by atoms with E-state index in [9.17, 15) is 4.79 Å². The van der Waals surface area contributed by atoms with Gasteiger partial charge in [0.15, 0.2) is 0 Å². The first kappa shape index (κ1) is 14.2. The number of aromatic nitrogens is 1. The molecule has 1 N–H and O–H groups in total. The molecule has 0 unspecified atom stereocenters. The highest BCUT2D eigenvalue weighted by molar-refractivity contribution is 6.02. The van der Waals surface area contributed by atoms with Gasteiger partial charge in [-0.25, -0.2) is 5.43 Å². The highest BCUT2D eigenvalue weighted by atomic mass is 16.2. The highest BCUT2D eigenvalue weighted by Crippen LogP contribution is 2.26. The van der Waals surface area contributed by atoms with E-state index in [2.05, 4.69) is 28.2 Å².